The Labute approximate surface area is 191 Å². The van der Waals surface area contributed by atoms with E-state index in [9.17, 15) is 4.79 Å². The Hall–Kier alpha value is -2.62. The second-order valence-corrected chi connectivity index (χ2v) is 9.48. The summed E-state index contributed by atoms with van der Waals surface area (Å²) in [6.07, 6.45) is 1.60. The molecule has 5 rings (SSSR count). The number of morpholine rings is 2. The van der Waals surface area contributed by atoms with Crippen LogP contribution in [0.3, 0.4) is 0 Å². The van der Waals surface area contributed by atoms with E-state index in [1.807, 2.05) is 18.2 Å². The van der Waals surface area contributed by atoms with Crippen molar-refractivity contribution in [1.29, 1.82) is 0 Å². The molecule has 2 aliphatic heterocycles. The van der Waals surface area contributed by atoms with Crippen LogP contribution < -0.4 is 9.80 Å². The monoisotopic (exact) mass is 453 g/mol. The van der Waals surface area contributed by atoms with Crippen LogP contribution in [0.1, 0.15) is 18.7 Å². The first-order chi connectivity index (χ1) is 15.6. The quantitative estimate of drug-likeness (QED) is 0.546. The van der Waals surface area contributed by atoms with Crippen molar-refractivity contribution in [3.63, 3.8) is 0 Å². The number of aldehydes is 1. The fraction of sp³-hybridized carbons (Fsp3) is 0.478. The maximum Gasteiger partial charge on any atom is 0.229 e. The predicted octanol–water partition coefficient (Wildman–Crippen LogP) is 2.94. The van der Waals surface area contributed by atoms with Crippen LogP contribution in [0.15, 0.2) is 24.3 Å². The molecule has 2 aliphatic rings. The summed E-state index contributed by atoms with van der Waals surface area (Å²) in [5.74, 6) is 1.60. The van der Waals surface area contributed by atoms with Crippen LogP contribution in [0.25, 0.3) is 21.6 Å². The van der Waals surface area contributed by atoms with Gasteiger partial charge in [0.05, 0.1) is 41.4 Å². The number of ether oxygens (including phenoxy) is 2. The number of anilines is 2. The summed E-state index contributed by atoms with van der Waals surface area (Å²) in [4.78, 5) is 32.2. The fourth-order valence-electron chi connectivity index (χ4n) is 4.33. The number of hydrogen-bond donors (Lipinski definition) is 0. The number of carbonyl (C=O) groups is 1. The van der Waals surface area contributed by atoms with E-state index in [2.05, 4.69) is 29.7 Å². The van der Waals surface area contributed by atoms with Gasteiger partial charge in [-0.25, -0.2) is 4.98 Å². The highest BCUT2D eigenvalue weighted by Crippen LogP contribution is 2.32. The number of thiophene rings is 1. The molecule has 5 heterocycles. The molecular weight excluding hydrogens is 426 g/mol. The zero-order chi connectivity index (χ0) is 22.1. The molecule has 3 aromatic heterocycles. The third-order valence-corrected chi connectivity index (χ3v) is 6.87. The molecule has 0 saturated carbocycles. The van der Waals surface area contributed by atoms with E-state index in [4.69, 9.17) is 24.4 Å². The maximum absolute atomic E-state index is 10.9. The normalized spacial score (nSPS) is 21.8. The minimum atomic E-state index is 0.117. The largest absolute Gasteiger partial charge is 0.378 e. The lowest BCUT2D eigenvalue weighted by Crippen LogP contribution is -2.46. The molecule has 8 nitrogen and oxygen atoms in total. The van der Waals surface area contributed by atoms with Gasteiger partial charge in [0, 0.05) is 37.5 Å². The molecule has 9 heteroatoms. The lowest BCUT2D eigenvalue weighted by Gasteiger charge is -2.36. The molecule has 0 aromatic carbocycles. The van der Waals surface area contributed by atoms with Crippen LogP contribution in [0, 0.1) is 0 Å². The molecule has 32 heavy (non-hydrogen) atoms. The van der Waals surface area contributed by atoms with Gasteiger partial charge in [-0.05, 0) is 38.1 Å². The molecule has 0 amide bonds. The van der Waals surface area contributed by atoms with E-state index >= 15 is 0 Å². The van der Waals surface area contributed by atoms with Crippen molar-refractivity contribution in [3.05, 3.63) is 29.1 Å². The summed E-state index contributed by atoms with van der Waals surface area (Å²) in [5, 5.41) is 0.943. The zero-order valence-electron chi connectivity index (χ0n) is 18.4. The number of rotatable bonds is 5. The highest BCUT2D eigenvalue weighted by Gasteiger charge is 2.26. The maximum atomic E-state index is 10.9. The van der Waals surface area contributed by atoms with Crippen molar-refractivity contribution in [1.82, 2.24) is 15.0 Å². The number of pyridine rings is 1. The van der Waals surface area contributed by atoms with Gasteiger partial charge in [0.25, 0.3) is 0 Å². The molecule has 2 saturated heterocycles. The van der Waals surface area contributed by atoms with Crippen LogP contribution in [0.4, 0.5) is 11.8 Å². The molecule has 0 radical (unpaired) electrons. The summed E-state index contributed by atoms with van der Waals surface area (Å²) in [6, 6.07) is 8.09. The fourth-order valence-corrected chi connectivity index (χ4v) is 5.25. The summed E-state index contributed by atoms with van der Waals surface area (Å²) in [7, 11) is 0. The number of carbonyl (C=O) groups excluding carboxylic acids is 1. The molecule has 0 aliphatic carbocycles. The average Bonchev–Trinajstić information content (AvgIpc) is 3.27. The van der Waals surface area contributed by atoms with Gasteiger partial charge in [0.2, 0.25) is 5.95 Å². The van der Waals surface area contributed by atoms with Gasteiger partial charge in [-0.1, -0.05) is 0 Å². The SMILES string of the molecule is CC1CN(c2nc(N3CCOCC3)c3ccc(-c4ccc(CC=O)s4)nc3n2)CC(C)O1. The van der Waals surface area contributed by atoms with Gasteiger partial charge in [-0.3, -0.25) is 0 Å². The molecular formula is C23H27N5O3S. The Morgan fingerprint density at radius 1 is 1.03 bits per heavy atom. The van der Waals surface area contributed by atoms with Gasteiger partial charge < -0.3 is 24.1 Å². The topological polar surface area (TPSA) is 80.7 Å². The van der Waals surface area contributed by atoms with E-state index in [-0.39, 0.29) is 12.2 Å². The second-order valence-electron chi connectivity index (χ2n) is 8.31. The average molecular weight is 454 g/mol. The molecule has 0 spiro atoms. The molecule has 168 valence electrons. The summed E-state index contributed by atoms with van der Waals surface area (Å²) < 4.78 is 11.5. The van der Waals surface area contributed by atoms with E-state index in [0.717, 1.165) is 59.1 Å². The van der Waals surface area contributed by atoms with Gasteiger partial charge in [-0.15, -0.1) is 11.3 Å². The first-order valence-electron chi connectivity index (χ1n) is 11.1. The molecule has 2 fully saturated rings. The molecule has 3 aromatic rings. The number of nitrogens with zero attached hydrogens (tertiary/aromatic N) is 5. The highest BCUT2D eigenvalue weighted by molar-refractivity contribution is 7.15. The third-order valence-electron chi connectivity index (χ3n) is 5.74. The Balaban J connectivity index is 1.59. The van der Waals surface area contributed by atoms with E-state index in [0.29, 0.717) is 31.2 Å². The highest BCUT2D eigenvalue weighted by atomic mass is 32.1. The van der Waals surface area contributed by atoms with Crippen molar-refractivity contribution in [2.45, 2.75) is 32.5 Å². The van der Waals surface area contributed by atoms with Crippen molar-refractivity contribution in [3.8, 4) is 10.6 Å². The zero-order valence-corrected chi connectivity index (χ0v) is 19.2. The van der Waals surface area contributed by atoms with Gasteiger partial charge in [0.15, 0.2) is 5.65 Å². The second kappa shape index (κ2) is 9.09. The standard InChI is InChI=1S/C23H27N5O3S/c1-15-13-28(14-16(2)31-15)23-25-21-18(22(26-23)27-8-11-30-12-9-27)4-5-19(24-21)20-6-3-17(32-20)7-10-29/h3-6,10,15-16H,7-9,11-14H2,1-2H3. The number of hydrogen-bond acceptors (Lipinski definition) is 9. The predicted molar refractivity (Wildman–Crippen MR) is 126 cm³/mol. The van der Waals surface area contributed by atoms with E-state index in [1.54, 1.807) is 11.3 Å². The van der Waals surface area contributed by atoms with Crippen LogP contribution >= 0.6 is 11.3 Å². The minimum Gasteiger partial charge on any atom is -0.378 e. The summed E-state index contributed by atoms with van der Waals surface area (Å²) in [5.41, 5.74) is 1.55. The van der Waals surface area contributed by atoms with Crippen LogP contribution in [-0.4, -0.2) is 72.8 Å². The van der Waals surface area contributed by atoms with Gasteiger partial charge >= 0.3 is 0 Å². The summed E-state index contributed by atoms with van der Waals surface area (Å²) in [6.45, 7) is 8.62. The van der Waals surface area contributed by atoms with Crippen LogP contribution in [0.5, 0.6) is 0 Å². The molecule has 2 atom stereocenters. The third kappa shape index (κ3) is 4.32. The summed E-state index contributed by atoms with van der Waals surface area (Å²) >= 11 is 1.59. The van der Waals surface area contributed by atoms with E-state index in [1.165, 1.54) is 0 Å². The van der Waals surface area contributed by atoms with Crippen molar-refractivity contribution in [2.75, 3.05) is 49.2 Å². The Bertz CT molecular complexity index is 1100. The van der Waals surface area contributed by atoms with Crippen LogP contribution in [0.2, 0.25) is 0 Å². The smallest absolute Gasteiger partial charge is 0.229 e. The number of aromatic nitrogens is 3. The minimum absolute atomic E-state index is 0.117. The van der Waals surface area contributed by atoms with Gasteiger partial charge in [-0.2, -0.15) is 9.97 Å². The Kier molecular flexibility index (Phi) is 6.03. The number of fused-ring (bicyclic) bond motifs is 1. The lowest BCUT2D eigenvalue weighted by atomic mass is 10.2. The first kappa shape index (κ1) is 21.2. The first-order valence-corrected chi connectivity index (χ1v) is 11.9. The van der Waals surface area contributed by atoms with Crippen LogP contribution in [-0.2, 0) is 20.7 Å². The van der Waals surface area contributed by atoms with Gasteiger partial charge in [0.1, 0.15) is 12.1 Å². The van der Waals surface area contributed by atoms with E-state index < -0.39 is 0 Å². The Morgan fingerprint density at radius 2 is 1.81 bits per heavy atom. The Morgan fingerprint density at radius 3 is 2.56 bits per heavy atom. The lowest BCUT2D eigenvalue weighted by molar-refractivity contribution is -0.107. The van der Waals surface area contributed by atoms with Crippen molar-refractivity contribution in [2.24, 2.45) is 0 Å². The molecule has 2 unspecified atom stereocenters. The van der Waals surface area contributed by atoms with Crippen molar-refractivity contribution >= 4 is 40.4 Å². The molecule has 0 N–H and O–H groups in total. The molecule has 0 bridgehead atoms. The van der Waals surface area contributed by atoms with Crippen molar-refractivity contribution < 1.29 is 14.3 Å².